The van der Waals surface area contributed by atoms with Crippen LogP contribution in [0.5, 0.6) is 5.75 Å². The van der Waals surface area contributed by atoms with Gasteiger partial charge in [-0.1, -0.05) is 48.5 Å². The van der Waals surface area contributed by atoms with Gasteiger partial charge >= 0.3 is 5.97 Å². The Morgan fingerprint density at radius 1 is 0.871 bits per heavy atom. The number of benzene rings is 3. The van der Waals surface area contributed by atoms with Crippen molar-refractivity contribution < 1.29 is 23.8 Å². The Kier molecular flexibility index (Phi) is 5.49. The number of carbonyl (C=O) groups is 2. The maximum absolute atomic E-state index is 13.0. The third kappa shape index (κ3) is 4.30. The number of hydrogen-bond donors (Lipinski definition) is 0. The smallest absolute Gasteiger partial charge is 0.409 e. The normalized spacial score (nSPS) is 10.6. The summed E-state index contributed by atoms with van der Waals surface area (Å²) < 4.78 is 6.99. The largest absolute Gasteiger partial charge is 0.418 e. The Morgan fingerprint density at radius 2 is 1.61 bits per heavy atom. The number of ether oxygens (including phenoxy) is 1. The zero-order chi connectivity index (χ0) is 21.8. The predicted octanol–water partition coefficient (Wildman–Crippen LogP) is 4.14. The van der Waals surface area contributed by atoms with Crippen LogP contribution in [0.1, 0.15) is 20.8 Å². The van der Waals surface area contributed by atoms with Gasteiger partial charge in [0.1, 0.15) is 5.75 Å². The molecule has 1 aromatic heterocycles. The maximum atomic E-state index is 13.0. The number of nitro benzene ring substituents is 1. The van der Waals surface area contributed by atoms with Crippen molar-refractivity contribution >= 4 is 28.3 Å². The number of Topliss-reactive ketones (excluding diaryl/α,β-unsaturated/α-hetero) is 1. The second-order valence-electron chi connectivity index (χ2n) is 6.80. The number of nitrogens with zero attached hydrogens (tertiary/aromatic N) is 2. The molecule has 0 saturated carbocycles. The van der Waals surface area contributed by atoms with Crippen LogP contribution in [0, 0.1) is 10.1 Å². The Morgan fingerprint density at radius 3 is 2.39 bits per heavy atom. The first-order chi connectivity index (χ1) is 15.0. The Bertz CT molecular complexity index is 1300. The fourth-order valence-electron chi connectivity index (χ4n) is 3.29. The fourth-order valence-corrected chi connectivity index (χ4v) is 3.29. The number of fused-ring (bicyclic) bond motifs is 1. The van der Waals surface area contributed by atoms with E-state index in [1.54, 1.807) is 41.0 Å². The molecule has 0 aliphatic heterocycles. The number of ketones is 1. The maximum Gasteiger partial charge on any atom is 0.409 e. The summed E-state index contributed by atoms with van der Waals surface area (Å²) in [4.78, 5) is 36.2. The summed E-state index contributed by atoms with van der Waals surface area (Å²) in [5, 5.41) is 11.8. The third-order valence-corrected chi connectivity index (χ3v) is 4.78. The van der Waals surface area contributed by atoms with E-state index in [1.165, 1.54) is 24.3 Å². The lowest BCUT2D eigenvalue weighted by Crippen LogP contribution is -2.45. The van der Waals surface area contributed by atoms with E-state index < -0.39 is 10.9 Å². The monoisotopic (exact) mass is 413 g/mol. The minimum Gasteiger partial charge on any atom is -0.418 e. The molecule has 0 atom stereocenters. The van der Waals surface area contributed by atoms with Gasteiger partial charge < -0.3 is 4.74 Å². The number of nitro groups is 1. The number of hydrogen-bond acceptors (Lipinski definition) is 5. The summed E-state index contributed by atoms with van der Waals surface area (Å²) in [5.41, 5.74) is 1.20. The molecule has 31 heavy (non-hydrogen) atoms. The number of para-hydroxylation sites is 1. The topological polar surface area (TPSA) is 90.4 Å². The lowest BCUT2D eigenvalue weighted by Gasteiger charge is -2.08. The first-order valence-corrected chi connectivity index (χ1v) is 9.49. The lowest BCUT2D eigenvalue weighted by molar-refractivity contribution is -0.659. The molecule has 3 aromatic carbocycles. The Labute approximate surface area is 177 Å². The van der Waals surface area contributed by atoms with Gasteiger partial charge in [0, 0.05) is 29.1 Å². The highest BCUT2D eigenvalue weighted by atomic mass is 16.6. The molecule has 0 N–H and O–H groups in total. The molecule has 4 aromatic rings. The number of non-ortho nitro benzene ring substituents is 1. The van der Waals surface area contributed by atoms with E-state index in [4.69, 9.17) is 4.74 Å². The fraction of sp³-hybridized carbons (Fsp3) is 0.0417. The highest BCUT2D eigenvalue weighted by molar-refractivity contribution is 5.96. The molecule has 0 bridgehead atoms. The van der Waals surface area contributed by atoms with Gasteiger partial charge in [0.15, 0.2) is 0 Å². The van der Waals surface area contributed by atoms with Crippen molar-refractivity contribution in [3.63, 3.8) is 0 Å². The van der Waals surface area contributed by atoms with Crippen molar-refractivity contribution in [1.82, 2.24) is 0 Å². The molecular weight excluding hydrogens is 396 g/mol. The van der Waals surface area contributed by atoms with Crippen LogP contribution in [0.3, 0.4) is 0 Å². The van der Waals surface area contributed by atoms with Crippen molar-refractivity contribution in [2.45, 2.75) is 6.54 Å². The predicted molar refractivity (Wildman–Crippen MR) is 113 cm³/mol. The van der Waals surface area contributed by atoms with E-state index in [0.717, 1.165) is 5.39 Å². The summed E-state index contributed by atoms with van der Waals surface area (Å²) in [7, 11) is 0. The average Bonchev–Trinajstić information content (AvgIpc) is 2.80. The van der Waals surface area contributed by atoms with Crippen LogP contribution >= 0.6 is 0 Å². The van der Waals surface area contributed by atoms with Gasteiger partial charge in [-0.15, -0.1) is 0 Å². The first kappa shape index (κ1) is 19.9. The number of aromatic nitrogens is 1. The van der Waals surface area contributed by atoms with Gasteiger partial charge in [0.25, 0.3) is 11.4 Å². The molecule has 0 amide bonds. The molecule has 152 valence electrons. The molecule has 7 nitrogen and oxygen atoms in total. The van der Waals surface area contributed by atoms with E-state index in [9.17, 15) is 19.7 Å². The van der Waals surface area contributed by atoms with Crippen molar-refractivity contribution in [1.29, 1.82) is 0 Å². The number of esters is 1. The molecule has 0 aliphatic rings. The Balaban J connectivity index is 1.72. The van der Waals surface area contributed by atoms with Crippen molar-refractivity contribution in [3.8, 4) is 5.75 Å². The molecule has 4 rings (SSSR count). The molecule has 0 spiro atoms. The summed E-state index contributed by atoms with van der Waals surface area (Å²) in [6, 6.07) is 24.9. The van der Waals surface area contributed by atoms with Crippen LogP contribution in [0.4, 0.5) is 5.69 Å². The molecule has 7 heteroatoms. The molecule has 0 unspecified atom stereocenters. The van der Waals surface area contributed by atoms with E-state index in [-0.39, 0.29) is 29.5 Å². The lowest BCUT2D eigenvalue weighted by atomic mass is 10.1. The van der Waals surface area contributed by atoms with Gasteiger partial charge in [-0.05, 0) is 18.2 Å². The average molecular weight is 413 g/mol. The molecule has 0 fully saturated rings. The SMILES string of the molecule is O=C(C[n+]1c(C(=O)Oc2cccc([N+](=O)[O-])c2)ccc2ccccc21)c1ccccc1. The third-order valence-electron chi connectivity index (χ3n) is 4.78. The molecule has 0 saturated heterocycles. The summed E-state index contributed by atoms with van der Waals surface area (Å²) in [6.07, 6.45) is 0. The summed E-state index contributed by atoms with van der Waals surface area (Å²) in [5.74, 6) is -0.827. The highest BCUT2D eigenvalue weighted by Gasteiger charge is 2.27. The van der Waals surface area contributed by atoms with E-state index in [2.05, 4.69) is 0 Å². The number of pyridine rings is 1. The second kappa shape index (κ2) is 8.54. The van der Waals surface area contributed by atoms with Gasteiger partial charge in [-0.25, -0.2) is 4.79 Å². The van der Waals surface area contributed by atoms with Crippen LogP contribution in [-0.4, -0.2) is 16.7 Å². The summed E-state index contributed by atoms with van der Waals surface area (Å²) in [6.45, 7) is -0.0647. The van der Waals surface area contributed by atoms with Gasteiger partial charge in [-0.2, -0.15) is 4.57 Å². The second-order valence-corrected chi connectivity index (χ2v) is 6.80. The van der Waals surface area contributed by atoms with Gasteiger partial charge in [-0.3, -0.25) is 14.9 Å². The van der Waals surface area contributed by atoms with Crippen LogP contribution in [0.2, 0.25) is 0 Å². The standard InChI is InChI=1S/C24H17N2O5/c27-23(18-8-2-1-3-9-18)16-25-21-12-5-4-7-17(21)13-14-22(25)24(28)31-20-11-6-10-19(15-20)26(29)30/h1-15H,16H2/q+1. The minimum atomic E-state index is -0.716. The van der Waals surface area contributed by atoms with Gasteiger partial charge in [0.05, 0.1) is 11.0 Å². The van der Waals surface area contributed by atoms with Crippen molar-refractivity contribution in [2.24, 2.45) is 0 Å². The summed E-state index contributed by atoms with van der Waals surface area (Å²) >= 11 is 0. The zero-order valence-electron chi connectivity index (χ0n) is 16.3. The molecule has 0 aliphatic carbocycles. The highest BCUT2D eigenvalue weighted by Crippen LogP contribution is 2.20. The molecular formula is C24H17N2O5+. The molecule has 1 heterocycles. The van der Waals surface area contributed by atoms with Crippen LogP contribution in [0.15, 0.2) is 91.0 Å². The zero-order valence-corrected chi connectivity index (χ0v) is 16.3. The van der Waals surface area contributed by atoms with E-state index in [0.29, 0.717) is 11.1 Å². The van der Waals surface area contributed by atoms with Crippen molar-refractivity contribution in [3.05, 3.63) is 112 Å². The minimum absolute atomic E-state index is 0.0493. The van der Waals surface area contributed by atoms with E-state index in [1.807, 2.05) is 30.3 Å². The van der Waals surface area contributed by atoms with E-state index >= 15 is 0 Å². The quantitative estimate of drug-likeness (QED) is 0.118. The first-order valence-electron chi connectivity index (χ1n) is 9.49. The van der Waals surface area contributed by atoms with Crippen LogP contribution in [-0.2, 0) is 6.54 Å². The number of rotatable bonds is 6. The Hall–Kier alpha value is -4.39. The number of carbonyl (C=O) groups excluding carboxylic acids is 2. The van der Waals surface area contributed by atoms with Crippen LogP contribution in [0.25, 0.3) is 10.9 Å². The van der Waals surface area contributed by atoms with Crippen LogP contribution < -0.4 is 9.30 Å². The van der Waals surface area contributed by atoms with Gasteiger partial charge in [0.2, 0.25) is 17.8 Å². The molecule has 0 radical (unpaired) electrons. The van der Waals surface area contributed by atoms with Crippen molar-refractivity contribution in [2.75, 3.05) is 0 Å².